The van der Waals surface area contributed by atoms with E-state index in [2.05, 4.69) is 14.7 Å². The van der Waals surface area contributed by atoms with Gasteiger partial charge < -0.3 is 5.32 Å². The Bertz CT molecular complexity index is 1220. The number of nitrogens with zero attached hydrogens (tertiary/aromatic N) is 2. The van der Waals surface area contributed by atoms with Crippen molar-refractivity contribution in [3.05, 3.63) is 102 Å². The van der Waals surface area contributed by atoms with E-state index in [9.17, 15) is 8.42 Å². The van der Waals surface area contributed by atoms with Gasteiger partial charge in [0.2, 0.25) is 3.79 Å². The lowest BCUT2D eigenvalue weighted by molar-refractivity contribution is 0.598. The zero-order valence-electron chi connectivity index (χ0n) is 17.8. The first kappa shape index (κ1) is 25.2. The zero-order valence-corrected chi connectivity index (χ0v) is 20.8. The molecule has 5 nitrogen and oxygen atoms in total. The molecule has 3 rings (SSSR count). The Hall–Kier alpha value is -2.38. The third kappa shape index (κ3) is 7.86. The molecule has 0 aromatic heterocycles. The van der Waals surface area contributed by atoms with Gasteiger partial charge in [0.05, 0.1) is 11.4 Å². The van der Waals surface area contributed by atoms with Crippen LogP contribution in [-0.2, 0) is 23.0 Å². The van der Waals surface area contributed by atoms with Crippen LogP contribution >= 0.6 is 34.8 Å². The minimum atomic E-state index is -4.01. The smallest absolute Gasteiger partial charge is 0.283 e. The molecule has 0 saturated carbocycles. The standard InChI is InChI=1S/C24H22Cl3N3O2S/c1-18-12-14-21(15-13-18)33(31,32)30-22(16-19-8-4-2-5-9-19)29-23(24(25,26)27)28-17-20-10-6-3-7-11-20/h2-15H,16-17H2,1H3,(H,28,29,30). The summed E-state index contributed by atoms with van der Waals surface area (Å²) in [5.41, 5.74) is 2.67. The molecule has 0 bridgehead atoms. The van der Waals surface area contributed by atoms with Crippen LogP contribution in [0.15, 0.2) is 99.2 Å². The average molecular weight is 523 g/mol. The van der Waals surface area contributed by atoms with Gasteiger partial charge in [0, 0.05) is 6.42 Å². The fourth-order valence-corrected chi connectivity index (χ4v) is 4.19. The van der Waals surface area contributed by atoms with Crippen molar-refractivity contribution in [2.24, 2.45) is 9.39 Å². The van der Waals surface area contributed by atoms with Crippen LogP contribution in [-0.4, -0.2) is 23.9 Å². The van der Waals surface area contributed by atoms with Gasteiger partial charge in [0.1, 0.15) is 5.84 Å². The second-order valence-electron chi connectivity index (χ2n) is 7.26. The fourth-order valence-electron chi connectivity index (χ4n) is 2.89. The summed E-state index contributed by atoms with van der Waals surface area (Å²) in [5, 5.41) is 2.88. The Labute approximate surface area is 209 Å². The zero-order chi connectivity index (χ0) is 23.9. The van der Waals surface area contributed by atoms with E-state index in [1.165, 1.54) is 12.1 Å². The summed E-state index contributed by atoms with van der Waals surface area (Å²) >= 11 is 18.5. The monoisotopic (exact) mass is 521 g/mol. The number of alkyl halides is 3. The molecule has 0 radical (unpaired) electrons. The summed E-state index contributed by atoms with van der Waals surface area (Å²) in [6, 6.07) is 25.1. The number of amidine groups is 2. The SMILES string of the molecule is Cc1ccc(S(=O)(=O)/N=C(/Cc2ccccc2)NC(=NCc2ccccc2)C(Cl)(Cl)Cl)cc1. The molecule has 0 spiro atoms. The predicted molar refractivity (Wildman–Crippen MR) is 137 cm³/mol. The minimum absolute atomic E-state index is 0.0230. The van der Waals surface area contributed by atoms with E-state index in [1.54, 1.807) is 12.1 Å². The molecule has 3 aromatic rings. The van der Waals surface area contributed by atoms with Gasteiger partial charge in [0.25, 0.3) is 10.0 Å². The molecular weight excluding hydrogens is 501 g/mol. The van der Waals surface area contributed by atoms with Crippen molar-refractivity contribution in [1.82, 2.24) is 5.32 Å². The van der Waals surface area contributed by atoms with Crippen molar-refractivity contribution in [3.8, 4) is 0 Å². The largest absolute Gasteiger partial charge is 0.328 e. The van der Waals surface area contributed by atoms with Crippen LogP contribution in [0.4, 0.5) is 0 Å². The van der Waals surface area contributed by atoms with Crippen LogP contribution < -0.4 is 5.32 Å². The van der Waals surface area contributed by atoms with Gasteiger partial charge in [-0.2, -0.15) is 8.42 Å². The summed E-state index contributed by atoms with van der Waals surface area (Å²) < 4.78 is 28.1. The molecule has 9 heteroatoms. The molecule has 0 amide bonds. The van der Waals surface area contributed by atoms with Crippen LogP contribution in [0.2, 0.25) is 0 Å². The van der Waals surface area contributed by atoms with Gasteiger partial charge in [-0.25, -0.2) is 0 Å². The highest BCUT2D eigenvalue weighted by molar-refractivity contribution is 7.90. The predicted octanol–water partition coefficient (Wildman–Crippen LogP) is 5.88. The minimum Gasteiger partial charge on any atom is -0.328 e. The Morgan fingerprint density at radius 3 is 1.94 bits per heavy atom. The summed E-state index contributed by atoms with van der Waals surface area (Å²) in [6.45, 7) is 2.11. The summed E-state index contributed by atoms with van der Waals surface area (Å²) in [6.07, 6.45) is 0.164. The van der Waals surface area contributed by atoms with Crippen LogP contribution in [0.5, 0.6) is 0 Å². The van der Waals surface area contributed by atoms with E-state index in [0.29, 0.717) is 0 Å². The number of sulfonamides is 1. The maximum atomic E-state index is 13.0. The molecule has 0 atom stereocenters. The number of nitrogens with one attached hydrogen (secondary N) is 1. The Morgan fingerprint density at radius 2 is 1.39 bits per heavy atom. The molecule has 3 aromatic carbocycles. The normalized spacial score (nSPS) is 13.1. The van der Waals surface area contributed by atoms with Crippen LogP contribution in [0, 0.1) is 6.92 Å². The maximum Gasteiger partial charge on any atom is 0.283 e. The molecule has 0 aliphatic carbocycles. The average Bonchev–Trinajstić information content (AvgIpc) is 2.77. The van der Waals surface area contributed by atoms with Gasteiger partial charge in [0.15, 0.2) is 5.84 Å². The van der Waals surface area contributed by atoms with Gasteiger partial charge in [-0.05, 0) is 30.2 Å². The number of hydrogen-bond acceptors (Lipinski definition) is 3. The summed E-state index contributed by atoms with van der Waals surface area (Å²) in [5.74, 6) is 0.0602. The van der Waals surface area contributed by atoms with Gasteiger partial charge in [-0.3, -0.25) is 4.99 Å². The molecule has 172 valence electrons. The van der Waals surface area contributed by atoms with Gasteiger partial charge in [-0.1, -0.05) is 113 Å². The fraction of sp³-hybridized carbons (Fsp3) is 0.167. The van der Waals surface area contributed by atoms with E-state index in [4.69, 9.17) is 34.8 Å². The topological polar surface area (TPSA) is 70.9 Å². The lowest BCUT2D eigenvalue weighted by atomic mass is 10.1. The van der Waals surface area contributed by atoms with E-state index < -0.39 is 13.8 Å². The van der Waals surface area contributed by atoms with Crippen molar-refractivity contribution >= 4 is 56.5 Å². The summed E-state index contributed by atoms with van der Waals surface area (Å²) in [4.78, 5) is 4.46. The van der Waals surface area contributed by atoms with Crippen molar-refractivity contribution in [1.29, 1.82) is 0 Å². The number of halogens is 3. The second kappa shape index (κ2) is 11.2. The van der Waals surface area contributed by atoms with Gasteiger partial charge in [-0.15, -0.1) is 4.40 Å². The second-order valence-corrected chi connectivity index (χ2v) is 11.1. The van der Waals surface area contributed by atoms with E-state index in [1.807, 2.05) is 67.6 Å². The summed E-state index contributed by atoms with van der Waals surface area (Å²) in [7, 11) is -4.01. The molecule has 0 aliphatic heterocycles. The van der Waals surface area contributed by atoms with E-state index in [0.717, 1.165) is 16.7 Å². The van der Waals surface area contributed by atoms with Crippen molar-refractivity contribution in [3.63, 3.8) is 0 Å². The quantitative estimate of drug-likeness (QED) is 0.249. The molecule has 0 fully saturated rings. The first-order chi connectivity index (χ1) is 15.6. The van der Waals surface area contributed by atoms with Crippen LogP contribution in [0.3, 0.4) is 0 Å². The Morgan fingerprint density at radius 1 is 0.848 bits per heavy atom. The molecular formula is C24H22Cl3N3O2S. The first-order valence-electron chi connectivity index (χ1n) is 10.0. The van der Waals surface area contributed by atoms with Crippen molar-refractivity contribution in [2.75, 3.05) is 0 Å². The highest BCUT2D eigenvalue weighted by Crippen LogP contribution is 2.27. The number of hydrogen-bond donors (Lipinski definition) is 1. The van der Waals surface area contributed by atoms with Gasteiger partial charge >= 0.3 is 0 Å². The molecule has 33 heavy (non-hydrogen) atoms. The Balaban J connectivity index is 1.98. The third-order valence-corrected chi connectivity index (χ3v) is 6.42. The van der Waals surface area contributed by atoms with Crippen LogP contribution in [0.1, 0.15) is 16.7 Å². The lowest BCUT2D eigenvalue weighted by Gasteiger charge is -2.18. The highest BCUT2D eigenvalue weighted by Gasteiger charge is 2.30. The van der Waals surface area contributed by atoms with E-state index >= 15 is 0 Å². The van der Waals surface area contributed by atoms with Crippen molar-refractivity contribution in [2.45, 2.75) is 28.6 Å². The first-order valence-corrected chi connectivity index (χ1v) is 12.6. The molecule has 0 aliphatic rings. The highest BCUT2D eigenvalue weighted by atomic mass is 35.6. The number of aryl methyl sites for hydroxylation is 1. The molecule has 1 N–H and O–H groups in total. The number of aliphatic imine (C=N–C) groups is 1. The van der Waals surface area contributed by atoms with Crippen LogP contribution in [0.25, 0.3) is 0 Å². The van der Waals surface area contributed by atoms with E-state index in [-0.39, 0.29) is 29.5 Å². The number of benzene rings is 3. The number of rotatable bonds is 6. The molecule has 0 saturated heterocycles. The maximum absolute atomic E-state index is 13.0. The third-order valence-electron chi connectivity index (χ3n) is 4.56. The lowest BCUT2D eigenvalue weighted by Crippen LogP contribution is -2.40. The Kier molecular flexibility index (Phi) is 8.54. The molecule has 0 unspecified atom stereocenters. The van der Waals surface area contributed by atoms with Crippen molar-refractivity contribution < 1.29 is 8.42 Å². The molecule has 0 heterocycles.